The van der Waals surface area contributed by atoms with E-state index >= 15 is 0 Å². The van der Waals surface area contributed by atoms with E-state index in [1.807, 2.05) is 0 Å². The van der Waals surface area contributed by atoms with Gasteiger partial charge >= 0.3 is 5.97 Å². The van der Waals surface area contributed by atoms with Gasteiger partial charge in [0.2, 0.25) is 15.9 Å². The van der Waals surface area contributed by atoms with E-state index in [0.29, 0.717) is 0 Å². The van der Waals surface area contributed by atoms with Crippen molar-refractivity contribution in [3.8, 4) is 5.75 Å². The van der Waals surface area contributed by atoms with E-state index in [-0.39, 0.29) is 29.3 Å². The fraction of sp³-hybridized carbons (Fsp3) is 0.385. The van der Waals surface area contributed by atoms with E-state index in [1.54, 1.807) is 0 Å². The number of nitrogens with zero attached hydrogens (tertiary/aromatic N) is 1. The molecule has 0 fully saturated rings. The molecule has 2 N–H and O–H groups in total. The summed E-state index contributed by atoms with van der Waals surface area (Å²) in [5.41, 5.74) is 0.278. The molecule has 0 saturated carbocycles. The molecule has 1 rings (SSSR count). The van der Waals surface area contributed by atoms with Crippen molar-refractivity contribution in [1.29, 1.82) is 0 Å². The SMILES string of the molecule is CCS(=O)(=O)N(C)CC(=O)Nc1ccc(C(=O)O)cc1OC. The summed E-state index contributed by atoms with van der Waals surface area (Å²) in [7, 11) is -0.809. The number of methoxy groups -OCH3 is 1. The number of carbonyl (C=O) groups is 2. The predicted octanol–water partition coefficient (Wildman–Crippen LogP) is 0.613. The molecule has 9 heteroatoms. The highest BCUT2D eigenvalue weighted by molar-refractivity contribution is 7.89. The van der Waals surface area contributed by atoms with Gasteiger partial charge in [0, 0.05) is 7.05 Å². The first-order valence-electron chi connectivity index (χ1n) is 6.36. The number of amides is 1. The highest BCUT2D eigenvalue weighted by atomic mass is 32.2. The number of benzene rings is 1. The predicted molar refractivity (Wildman–Crippen MR) is 80.7 cm³/mol. The number of hydrogen-bond donors (Lipinski definition) is 2. The van der Waals surface area contributed by atoms with Crippen molar-refractivity contribution in [2.24, 2.45) is 0 Å². The van der Waals surface area contributed by atoms with Crippen molar-refractivity contribution >= 4 is 27.6 Å². The van der Waals surface area contributed by atoms with Gasteiger partial charge in [-0.25, -0.2) is 13.2 Å². The third kappa shape index (κ3) is 4.43. The third-order valence-corrected chi connectivity index (χ3v) is 4.74. The van der Waals surface area contributed by atoms with Gasteiger partial charge in [0.15, 0.2) is 0 Å². The minimum atomic E-state index is -3.46. The van der Waals surface area contributed by atoms with Crippen LogP contribution in [0.3, 0.4) is 0 Å². The summed E-state index contributed by atoms with van der Waals surface area (Å²) in [5, 5.41) is 11.4. The first kappa shape index (κ1) is 17.9. The molecule has 1 aromatic rings. The van der Waals surface area contributed by atoms with Crippen LogP contribution in [0.15, 0.2) is 18.2 Å². The van der Waals surface area contributed by atoms with Crippen molar-refractivity contribution in [2.45, 2.75) is 6.92 Å². The Labute approximate surface area is 128 Å². The van der Waals surface area contributed by atoms with Crippen LogP contribution in [0.4, 0.5) is 5.69 Å². The molecule has 0 bridgehead atoms. The Morgan fingerprint density at radius 2 is 2.00 bits per heavy atom. The van der Waals surface area contributed by atoms with Gasteiger partial charge in [0.25, 0.3) is 0 Å². The van der Waals surface area contributed by atoms with Crippen LogP contribution in [-0.4, -0.2) is 56.2 Å². The van der Waals surface area contributed by atoms with E-state index in [0.717, 1.165) is 4.31 Å². The lowest BCUT2D eigenvalue weighted by Gasteiger charge is -2.16. The molecule has 122 valence electrons. The third-order valence-electron chi connectivity index (χ3n) is 2.93. The molecule has 0 saturated heterocycles. The largest absolute Gasteiger partial charge is 0.495 e. The summed E-state index contributed by atoms with van der Waals surface area (Å²) < 4.78 is 29.1. The molecule has 0 radical (unpaired) electrons. The van der Waals surface area contributed by atoms with Gasteiger partial charge in [-0.15, -0.1) is 0 Å². The monoisotopic (exact) mass is 330 g/mol. The average molecular weight is 330 g/mol. The fourth-order valence-electron chi connectivity index (χ4n) is 1.64. The Morgan fingerprint density at radius 1 is 1.36 bits per heavy atom. The molecule has 0 aliphatic carbocycles. The number of carboxylic acid groups (broad SMARTS) is 1. The van der Waals surface area contributed by atoms with Gasteiger partial charge in [-0.3, -0.25) is 4.79 Å². The van der Waals surface area contributed by atoms with Gasteiger partial charge < -0.3 is 15.2 Å². The number of rotatable bonds is 7. The summed E-state index contributed by atoms with van der Waals surface area (Å²) in [6.45, 7) is 1.14. The van der Waals surface area contributed by atoms with Crippen LogP contribution in [0, 0.1) is 0 Å². The molecule has 8 nitrogen and oxygen atoms in total. The van der Waals surface area contributed by atoms with Crippen molar-refractivity contribution in [2.75, 3.05) is 31.8 Å². The zero-order valence-electron chi connectivity index (χ0n) is 12.5. The maximum Gasteiger partial charge on any atom is 0.335 e. The zero-order chi connectivity index (χ0) is 16.9. The number of likely N-dealkylation sites (N-methyl/N-ethyl adjacent to an activating group) is 1. The number of nitrogens with one attached hydrogen (secondary N) is 1. The smallest absolute Gasteiger partial charge is 0.335 e. The Balaban J connectivity index is 2.87. The molecular weight excluding hydrogens is 312 g/mol. The maximum atomic E-state index is 11.9. The van der Waals surface area contributed by atoms with Crippen molar-refractivity contribution < 1.29 is 27.9 Å². The van der Waals surface area contributed by atoms with Crippen LogP contribution in [0.1, 0.15) is 17.3 Å². The molecular formula is C13H18N2O6S. The topological polar surface area (TPSA) is 113 Å². The average Bonchev–Trinajstić information content (AvgIpc) is 2.47. The lowest BCUT2D eigenvalue weighted by molar-refractivity contribution is -0.116. The van der Waals surface area contributed by atoms with Crippen LogP contribution in [0.25, 0.3) is 0 Å². The van der Waals surface area contributed by atoms with Crippen LogP contribution in [-0.2, 0) is 14.8 Å². The fourth-order valence-corrected chi connectivity index (χ4v) is 2.39. The number of anilines is 1. The summed E-state index contributed by atoms with van der Waals surface area (Å²) in [4.78, 5) is 22.8. The lowest BCUT2D eigenvalue weighted by Crippen LogP contribution is -2.35. The number of hydrogen-bond acceptors (Lipinski definition) is 5. The maximum absolute atomic E-state index is 11.9. The number of ether oxygens (including phenoxy) is 1. The minimum absolute atomic E-state index is 0.0144. The molecule has 1 aromatic carbocycles. The second kappa shape index (κ2) is 7.23. The highest BCUT2D eigenvalue weighted by Crippen LogP contribution is 2.25. The van der Waals surface area contributed by atoms with E-state index < -0.39 is 21.9 Å². The van der Waals surface area contributed by atoms with Gasteiger partial charge in [0.1, 0.15) is 5.75 Å². The minimum Gasteiger partial charge on any atom is -0.495 e. The summed E-state index contributed by atoms with van der Waals surface area (Å²) >= 11 is 0. The Hall–Kier alpha value is -2.13. The van der Waals surface area contributed by atoms with Crippen LogP contribution < -0.4 is 10.1 Å². The second-order valence-electron chi connectivity index (χ2n) is 4.42. The number of aromatic carboxylic acids is 1. The van der Waals surface area contributed by atoms with Gasteiger partial charge in [-0.2, -0.15) is 4.31 Å². The summed E-state index contributed by atoms with van der Waals surface area (Å²) in [6.07, 6.45) is 0. The molecule has 0 heterocycles. The lowest BCUT2D eigenvalue weighted by atomic mass is 10.2. The second-order valence-corrected chi connectivity index (χ2v) is 6.79. The zero-order valence-corrected chi connectivity index (χ0v) is 13.3. The van der Waals surface area contributed by atoms with E-state index in [4.69, 9.17) is 9.84 Å². The summed E-state index contributed by atoms with van der Waals surface area (Å²) in [5.74, 6) is -1.60. The van der Waals surface area contributed by atoms with Crippen molar-refractivity contribution in [3.05, 3.63) is 23.8 Å². The van der Waals surface area contributed by atoms with Crippen LogP contribution >= 0.6 is 0 Å². The van der Waals surface area contributed by atoms with Crippen LogP contribution in [0.2, 0.25) is 0 Å². The number of sulfonamides is 1. The Kier molecular flexibility index (Phi) is 5.89. The van der Waals surface area contributed by atoms with Gasteiger partial charge in [-0.1, -0.05) is 0 Å². The van der Waals surface area contributed by atoms with Crippen molar-refractivity contribution in [1.82, 2.24) is 4.31 Å². The molecule has 0 aromatic heterocycles. The molecule has 0 aliphatic rings. The standard InChI is InChI=1S/C13H18N2O6S/c1-4-22(19,20)15(2)8-12(16)14-10-6-5-9(13(17)18)7-11(10)21-3/h5-7H,4,8H2,1-3H3,(H,14,16)(H,17,18). The van der Waals surface area contributed by atoms with E-state index in [9.17, 15) is 18.0 Å². The van der Waals surface area contributed by atoms with Crippen molar-refractivity contribution in [3.63, 3.8) is 0 Å². The molecule has 0 aliphatic heterocycles. The molecule has 1 amide bonds. The normalized spacial score (nSPS) is 11.3. The molecule has 0 unspecified atom stereocenters. The van der Waals surface area contributed by atoms with Gasteiger partial charge in [-0.05, 0) is 25.1 Å². The molecule has 0 atom stereocenters. The first-order valence-corrected chi connectivity index (χ1v) is 7.97. The van der Waals surface area contributed by atoms with E-state index in [2.05, 4.69) is 5.32 Å². The first-order chi connectivity index (χ1) is 10.2. The quantitative estimate of drug-likeness (QED) is 0.757. The number of carbonyl (C=O) groups excluding carboxylic acids is 1. The Morgan fingerprint density at radius 3 is 2.50 bits per heavy atom. The summed E-state index contributed by atoms with van der Waals surface area (Å²) in [6, 6.07) is 3.96. The van der Waals surface area contributed by atoms with Gasteiger partial charge in [0.05, 0.1) is 30.7 Å². The molecule has 0 spiro atoms. The Bertz CT molecular complexity index is 671. The van der Waals surface area contributed by atoms with E-state index in [1.165, 1.54) is 39.3 Å². The van der Waals surface area contributed by atoms with Crippen LogP contribution in [0.5, 0.6) is 5.75 Å². The highest BCUT2D eigenvalue weighted by Gasteiger charge is 2.19. The molecule has 22 heavy (non-hydrogen) atoms. The number of carboxylic acids is 1.